The van der Waals surface area contributed by atoms with Gasteiger partial charge in [-0.05, 0) is 49.6 Å². The highest BCUT2D eigenvalue weighted by molar-refractivity contribution is 5.96. The fourth-order valence-electron chi connectivity index (χ4n) is 6.29. The molecule has 0 radical (unpaired) electrons. The van der Waals surface area contributed by atoms with Crippen LogP contribution in [0.3, 0.4) is 0 Å². The van der Waals surface area contributed by atoms with Crippen molar-refractivity contribution in [3.05, 3.63) is 77.6 Å². The highest BCUT2D eigenvalue weighted by Crippen LogP contribution is 2.29. The smallest absolute Gasteiger partial charge is 0.326 e. The molecule has 0 spiro atoms. The highest BCUT2D eigenvalue weighted by atomic mass is 16.5. The Labute approximate surface area is 296 Å². The SMILES string of the molecule is CN[C@@H](C)C(=O)N[C@@H](CC(C)C)C(=O)N1C[C@@H]2C[C@H]1C(=O)N[C@@H](Cc1ccccc1)C(=O)N[C@H](C(=O)O)Cc1ccc(cc1)OCc1cn2nn1. The van der Waals surface area contributed by atoms with Crippen LogP contribution < -0.4 is 26.0 Å². The normalized spacial score (nSPS) is 22.1. The summed E-state index contributed by atoms with van der Waals surface area (Å²) < 4.78 is 7.50. The molecule has 1 saturated heterocycles. The van der Waals surface area contributed by atoms with E-state index >= 15 is 0 Å². The van der Waals surface area contributed by atoms with Crippen LogP contribution in [0.5, 0.6) is 5.75 Å². The lowest BCUT2D eigenvalue weighted by Gasteiger charge is -2.31. The van der Waals surface area contributed by atoms with Gasteiger partial charge in [0.25, 0.3) is 0 Å². The number of hydrogen-bond acceptors (Lipinski definition) is 9. The second kappa shape index (κ2) is 16.6. The van der Waals surface area contributed by atoms with Crippen molar-refractivity contribution in [2.24, 2.45) is 5.92 Å². The maximum absolute atomic E-state index is 14.3. The van der Waals surface area contributed by atoms with Gasteiger partial charge < -0.3 is 36.0 Å². The van der Waals surface area contributed by atoms with Crippen molar-refractivity contribution >= 4 is 29.6 Å². The molecular formula is C36H46N8O7. The van der Waals surface area contributed by atoms with Crippen molar-refractivity contribution in [3.63, 3.8) is 0 Å². The van der Waals surface area contributed by atoms with Crippen LogP contribution in [0.25, 0.3) is 0 Å². The van der Waals surface area contributed by atoms with E-state index in [0.29, 0.717) is 23.4 Å². The number of aromatic nitrogens is 3. The van der Waals surface area contributed by atoms with Crippen molar-refractivity contribution < 1.29 is 33.8 Å². The third-order valence-electron chi connectivity index (χ3n) is 9.22. The minimum Gasteiger partial charge on any atom is -0.487 e. The summed E-state index contributed by atoms with van der Waals surface area (Å²) in [6, 6.07) is 10.5. The van der Waals surface area contributed by atoms with Gasteiger partial charge in [0.05, 0.1) is 18.3 Å². The number of hydrogen-bond donors (Lipinski definition) is 5. The van der Waals surface area contributed by atoms with Crippen LogP contribution in [0.2, 0.25) is 0 Å². The van der Waals surface area contributed by atoms with E-state index < -0.39 is 59.9 Å². The Morgan fingerprint density at radius 2 is 1.75 bits per heavy atom. The highest BCUT2D eigenvalue weighted by Gasteiger charge is 2.44. The molecule has 2 aromatic carbocycles. The number of likely N-dealkylation sites (tertiary alicyclic amines) is 1. The summed E-state index contributed by atoms with van der Waals surface area (Å²) in [6.45, 7) is 5.75. The number of carboxylic acids is 1. The van der Waals surface area contributed by atoms with E-state index in [9.17, 15) is 29.1 Å². The third-order valence-corrected chi connectivity index (χ3v) is 9.22. The summed E-state index contributed by atoms with van der Waals surface area (Å²) in [5.74, 6) is -2.74. The summed E-state index contributed by atoms with van der Waals surface area (Å²) >= 11 is 0. The van der Waals surface area contributed by atoms with E-state index in [2.05, 4.69) is 31.6 Å². The van der Waals surface area contributed by atoms with Gasteiger partial charge in [0, 0.05) is 25.8 Å². The number of carbonyl (C=O) groups excluding carboxylic acids is 4. The zero-order valence-corrected chi connectivity index (χ0v) is 29.2. The molecule has 272 valence electrons. The Morgan fingerprint density at radius 1 is 1.02 bits per heavy atom. The molecule has 6 rings (SSSR count). The first kappa shape index (κ1) is 37.0. The van der Waals surface area contributed by atoms with Crippen molar-refractivity contribution in [2.75, 3.05) is 13.6 Å². The monoisotopic (exact) mass is 702 g/mol. The van der Waals surface area contributed by atoms with Crippen LogP contribution in [0.15, 0.2) is 60.8 Å². The lowest BCUT2D eigenvalue weighted by Crippen LogP contribution is -2.58. The molecule has 6 atom stereocenters. The number of carbonyl (C=O) groups is 5. The first-order chi connectivity index (χ1) is 24.4. The predicted octanol–water partition coefficient (Wildman–Crippen LogP) is 0.991. The molecule has 4 heterocycles. The molecule has 0 unspecified atom stereocenters. The molecule has 5 N–H and O–H groups in total. The minimum atomic E-state index is -1.29. The van der Waals surface area contributed by atoms with E-state index in [4.69, 9.17) is 4.74 Å². The molecule has 1 fully saturated rings. The Bertz CT molecular complexity index is 1700. The van der Waals surface area contributed by atoms with Gasteiger partial charge in [0.1, 0.15) is 42.2 Å². The maximum Gasteiger partial charge on any atom is 0.326 e. The number of amides is 4. The van der Waals surface area contributed by atoms with Crippen LogP contribution in [0.4, 0.5) is 0 Å². The summed E-state index contributed by atoms with van der Waals surface area (Å²) in [5.41, 5.74) is 1.92. The van der Waals surface area contributed by atoms with Crippen LogP contribution in [-0.4, -0.2) is 98.4 Å². The van der Waals surface area contributed by atoms with E-state index in [1.807, 2.05) is 19.9 Å². The molecular weight excluding hydrogens is 656 g/mol. The summed E-state index contributed by atoms with van der Waals surface area (Å²) in [6.07, 6.45) is 2.25. The first-order valence-corrected chi connectivity index (χ1v) is 17.2. The average molecular weight is 703 g/mol. The second-order valence-electron chi connectivity index (χ2n) is 13.6. The van der Waals surface area contributed by atoms with Crippen molar-refractivity contribution in [3.8, 4) is 5.75 Å². The zero-order chi connectivity index (χ0) is 36.7. The minimum absolute atomic E-state index is 0.0105. The van der Waals surface area contributed by atoms with Gasteiger partial charge in [0.2, 0.25) is 23.6 Å². The largest absolute Gasteiger partial charge is 0.487 e. The molecule has 3 aliphatic heterocycles. The molecule has 0 saturated carbocycles. The van der Waals surface area contributed by atoms with Gasteiger partial charge in [0.15, 0.2) is 0 Å². The molecule has 3 aromatic rings. The zero-order valence-electron chi connectivity index (χ0n) is 29.2. The number of fused-ring (bicyclic) bond motifs is 9. The molecule has 15 nitrogen and oxygen atoms in total. The van der Waals surface area contributed by atoms with Crippen LogP contribution in [-0.2, 0) is 43.4 Å². The molecule has 15 heteroatoms. The third kappa shape index (κ3) is 9.48. The quantitative estimate of drug-likeness (QED) is 0.215. The number of carboxylic acid groups (broad SMARTS) is 1. The molecule has 1 aromatic heterocycles. The van der Waals surface area contributed by atoms with Gasteiger partial charge in [-0.15, -0.1) is 5.10 Å². The van der Waals surface area contributed by atoms with Gasteiger partial charge in [-0.3, -0.25) is 19.2 Å². The lowest BCUT2D eigenvalue weighted by atomic mass is 10.0. The standard InChI is InChI=1S/C36H46N8O7/c1-21(2)14-29(39-32(45)22(3)37-4)35(48)43-19-26-17-31(43)34(47)38-28(15-23-8-6-5-7-9-23)33(46)40-30(36(49)50)16-24-10-12-27(13-11-24)51-20-25-18-44(26)42-41-25/h5-13,18,21-22,26,28-31,37H,14-17,19-20H2,1-4H3,(H,38,47)(H,39,45)(H,40,46)(H,49,50)/t22-,26-,28-,29-,30-,31-/m0/s1. The van der Waals surface area contributed by atoms with Crippen molar-refractivity contribution in [2.45, 2.75) is 89.3 Å². The van der Waals surface area contributed by atoms with Gasteiger partial charge in [-0.25, -0.2) is 9.48 Å². The Morgan fingerprint density at radius 3 is 2.41 bits per heavy atom. The van der Waals surface area contributed by atoms with Crippen molar-refractivity contribution in [1.82, 2.24) is 41.2 Å². The molecule has 6 bridgehead atoms. The fraction of sp³-hybridized carbons (Fsp3) is 0.472. The topological polar surface area (TPSA) is 197 Å². The molecule has 3 aliphatic rings. The van der Waals surface area contributed by atoms with E-state index in [0.717, 1.165) is 5.56 Å². The molecule has 4 amide bonds. The Hall–Kier alpha value is -5.31. The van der Waals surface area contributed by atoms with E-state index in [-0.39, 0.29) is 44.2 Å². The molecule has 0 aliphatic carbocycles. The van der Waals surface area contributed by atoms with Gasteiger partial charge in [-0.2, -0.15) is 0 Å². The summed E-state index contributed by atoms with van der Waals surface area (Å²) in [4.78, 5) is 69.2. The van der Waals surface area contributed by atoms with Crippen LogP contribution in [0, 0.1) is 5.92 Å². The lowest BCUT2D eigenvalue weighted by molar-refractivity contribution is -0.143. The average Bonchev–Trinajstić information content (AvgIpc) is 3.77. The summed E-state index contributed by atoms with van der Waals surface area (Å²) in [5, 5.41) is 29.8. The van der Waals surface area contributed by atoms with E-state index in [1.54, 1.807) is 73.4 Å². The maximum atomic E-state index is 14.3. The Kier molecular flexibility index (Phi) is 12.0. The van der Waals surface area contributed by atoms with E-state index in [1.165, 1.54) is 4.90 Å². The number of nitrogens with one attached hydrogen (secondary N) is 4. The number of rotatable bonds is 9. The second-order valence-corrected chi connectivity index (χ2v) is 13.6. The predicted molar refractivity (Wildman–Crippen MR) is 185 cm³/mol. The summed E-state index contributed by atoms with van der Waals surface area (Å²) in [7, 11) is 1.65. The number of aliphatic carboxylic acids is 1. The van der Waals surface area contributed by atoms with Gasteiger partial charge >= 0.3 is 5.97 Å². The molecule has 51 heavy (non-hydrogen) atoms. The Balaban J connectivity index is 1.51. The number of ether oxygens (including phenoxy) is 1. The first-order valence-electron chi connectivity index (χ1n) is 17.2. The fourth-order valence-corrected chi connectivity index (χ4v) is 6.29. The number of nitrogens with zero attached hydrogens (tertiary/aromatic N) is 4. The van der Waals surface area contributed by atoms with Crippen LogP contribution >= 0.6 is 0 Å². The van der Waals surface area contributed by atoms with Crippen LogP contribution in [0.1, 0.15) is 56.5 Å². The van der Waals surface area contributed by atoms with Crippen molar-refractivity contribution in [1.29, 1.82) is 0 Å². The number of benzene rings is 2. The number of likely N-dealkylation sites (N-methyl/N-ethyl adjacent to an activating group) is 1. The van der Waals surface area contributed by atoms with Gasteiger partial charge in [-0.1, -0.05) is 61.5 Å².